The van der Waals surface area contributed by atoms with Crippen LogP contribution in [0.5, 0.6) is 0 Å². The van der Waals surface area contributed by atoms with Gasteiger partial charge >= 0.3 is 0 Å². The molecule has 0 bridgehead atoms. The second kappa shape index (κ2) is 6.70. The van der Waals surface area contributed by atoms with Crippen LogP contribution in [0.4, 0.5) is 0 Å². The molecule has 0 atom stereocenters. The number of rotatable bonds is 4. The summed E-state index contributed by atoms with van der Waals surface area (Å²) >= 11 is 5.86. The molecule has 0 aliphatic carbocycles. The SMILES string of the molecule is NC(=O)c1ccc2nc(-c3ccc(C(=O)c4ccc(Cl)cc4)cc3)[nH]c2c1. The van der Waals surface area contributed by atoms with Gasteiger partial charge in [-0.05, 0) is 42.5 Å². The lowest BCUT2D eigenvalue weighted by Gasteiger charge is -2.03. The molecule has 0 aliphatic heterocycles. The van der Waals surface area contributed by atoms with Gasteiger partial charge in [0.25, 0.3) is 0 Å². The van der Waals surface area contributed by atoms with Gasteiger partial charge in [-0.2, -0.15) is 0 Å². The molecule has 0 fully saturated rings. The molecule has 5 nitrogen and oxygen atoms in total. The number of imidazole rings is 1. The highest BCUT2D eigenvalue weighted by Gasteiger charge is 2.11. The molecular weight excluding hydrogens is 362 g/mol. The Hall–Kier alpha value is -3.44. The number of nitrogens with two attached hydrogens (primary N) is 1. The van der Waals surface area contributed by atoms with E-state index in [0.29, 0.717) is 27.5 Å². The molecule has 6 heteroatoms. The van der Waals surface area contributed by atoms with Crippen LogP contribution in [0.25, 0.3) is 22.4 Å². The maximum Gasteiger partial charge on any atom is 0.248 e. The number of primary amides is 1. The van der Waals surface area contributed by atoms with Crippen molar-refractivity contribution < 1.29 is 9.59 Å². The van der Waals surface area contributed by atoms with Crippen LogP contribution in [-0.2, 0) is 0 Å². The molecular formula is C21H14ClN3O2. The number of fused-ring (bicyclic) bond motifs is 1. The largest absolute Gasteiger partial charge is 0.366 e. The minimum Gasteiger partial charge on any atom is -0.366 e. The van der Waals surface area contributed by atoms with E-state index in [1.165, 1.54) is 0 Å². The highest BCUT2D eigenvalue weighted by Crippen LogP contribution is 2.23. The number of ketones is 1. The van der Waals surface area contributed by atoms with Crippen molar-refractivity contribution in [2.45, 2.75) is 0 Å². The number of nitrogens with zero attached hydrogens (tertiary/aromatic N) is 1. The third-order valence-corrected chi connectivity index (χ3v) is 4.55. The summed E-state index contributed by atoms with van der Waals surface area (Å²) in [6.07, 6.45) is 0. The van der Waals surface area contributed by atoms with E-state index in [4.69, 9.17) is 17.3 Å². The Bertz CT molecular complexity index is 1160. The molecule has 1 amide bonds. The van der Waals surface area contributed by atoms with Gasteiger partial charge in [-0.15, -0.1) is 0 Å². The van der Waals surface area contributed by atoms with Crippen molar-refractivity contribution >= 4 is 34.3 Å². The average molecular weight is 376 g/mol. The number of carbonyl (C=O) groups is 2. The van der Waals surface area contributed by atoms with E-state index in [0.717, 1.165) is 16.6 Å². The van der Waals surface area contributed by atoms with Gasteiger partial charge in [0, 0.05) is 27.3 Å². The smallest absolute Gasteiger partial charge is 0.248 e. The molecule has 4 rings (SSSR count). The van der Waals surface area contributed by atoms with E-state index in [1.807, 2.05) is 12.1 Å². The number of hydrogen-bond acceptors (Lipinski definition) is 3. The van der Waals surface area contributed by atoms with E-state index in [-0.39, 0.29) is 5.78 Å². The second-order valence-corrected chi connectivity index (χ2v) is 6.53. The Morgan fingerprint density at radius 3 is 2.07 bits per heavy atom. The molecule has 0 saturated carbocycles. The van der Waals surface area contributed by atoms with E-state index in [9.17, 15) is 9.59 Å². The quantitative estimate of drug-likeness (QED) is 0.523. The van der Waals surface area contributed by atoms with Crippen molar-refractivity contribution in [2.75, 3.05) is 0 Å². The standard InChI is InChI=1S/C21H14ClN3O2/c22-16-8-5-13(6-9-16)19(26)12-1-3-14(4-2-12)21-24-17-10-7-15(20(23)27)11-18(17)25-21/h1-11H,(H2,23,27)(H,24,25). The van der Waals surface area contributed by atoms with Crippen molar-refractivity contribution in [3.8, 4) is 11.4 Å². The summed E-state index contributed by atoms with van der Waals surface area (Å²) in [7, 11) is 0. The molecule has 3 N–H and O–H groups in total. The number of aromatic amines is 1. The summed E-state index contributed by atoms with van der Waals surface area (Å²) in [6.45, 7) is 0. The maximum atomic E-state index is 12.5. The number of aromatic nitrogens is 2. The van der Waals surface area contributed by atoms with Crippen LogP contribution in [0.3, 0.4) is 0 Å². The molecule has 27 heavy (non-hydrogen) atoms. The third kappa shape index (κ3) is 3.32. The van der Waals surface area contributed by atoms with Gasteiger partial charge in [-0.3, -0.25) is 9.59 Å². The van der Waals surface area contributed by atoms with Gasteiger partial charge in [0.15, 0.2) is 5.78 Å². The number of H-pyrrole nitrogens is 1. The number of hydrogen-bond donors (Lipinski definition) is 2. The molecule has 0 radical (unpaired) electrons. The summed E-state index contributed by atoms with van der Waals surface area (Å²) < 4.78 is 0. The van der Waals surface area contributed by atoms with Crippen LogP contribution >= 0.6 is 11.6 Å². The van der Waals surface area contributed by atoms with Gasteiger partial charge in [-0.1, -0.05) is 35.9 Å². The first-order valence-electron chi connectivity index (χ1n) is 8.21. The van der Waals surface area contributed by atoms with Gasteiger partial charge in [0.1, 0.15) is 5.82 Å². The molecule has 132 valence electrons. The van der Waals surface area contributed by atoms with Gasteiger partial charge in [0.05, 0.1) is 11.0 Å². The van der Waals surface area contributed by atoms with E-state index < -0.39 is 5.91 Å². The van der Waals surface area contributed by atoms with E-state index in [2.05, 4.69) is 9.97 Å². The predicted octanol–water partition coefficient (Wildman–Crippen LogP) is 4.21. The van der Waals surface area contributed by atoms with Crippen molar-refractivity contribution in [1.82, 2.24) is 9.97 Å². The number of benzene rings is 3. The number of nitrogens with one attached hydrogen (secondary N) is 1. The lowest BCUT2D eigenvalue weighted by atomic mass is 10.0. The monoisotopic (exact) mass is 375 g/mol. The molecule has 0 spiro atoms. The van der Waals surface area contributed by atoms with Gasteiger partial charge in [0.2, 0.25) is 5.91 Å². The van der Waals surface area contributed by atoms with Crippen LogP contribution in [0, 0.1) is 0 Å². The first-order valence-corrected chi connectivity index (χ1v) is 8.59. The highest BCUT2D eigenvalue weighted by molar-refractivity contribution is 6.30. The van der Waals surface area contributed by atoms with Crippen LogP contribution in [-0.4, -0.2) is 21.7 Å². The minimum atomic E-state index is -0.488. The molecule has 1 heterocycles. The fraction of sp³-hybridized carbons (Fsp3) is 0. The Kier molecular flexibility index (Phi) is 4.22. The summed E-state index contributed by atoms with van der Waals surface area (Å²) in [5.74, 6) is 0.0872. The third-order valence-electron chi connectivity index (χ3n) is 4.29. The van der Waals surface area contributed by atoms with Crippen LogP contribution in [0.2, 0.25) is 5.02 Å². The summed E-state index contributed by atoms with van der Waals surface area (Å²) in [5, 5.41) is 0.589. The van der Waals surface area contributed by atoms with Crippen LogP contribution in [0.1, 0.15) is 26.3 Å². The fourth-order valence-electron chi connectivity index (χ4n) is 2.85. The Labute approximate surface area is 159 Å². The minimum absolute atomic E-state index is 0.0751. The zero-order valence-corrected chi connectivity index (χ0v) is 14.8. The Morgan fingerprint density at radius 2 is 1.44 bits per heavy atom. The Balaban J connectivity index is 1.63. The molecule has 1 aromatic heterocycles. The van der Waals surface area contributed by atoms with E-state index >= 15 is 0 Å². The predicted molar refractivity (Wildman–Crippen MR) is 105 cm³/mol. The van der Waals surface area contributed by atoms with Gasteiger partial charge < -0.3 is 10.7 Å². The maximum absolute atomic E-state index is 12.5. The summed E-state index contributed by atoms with van der Waals surface area (Å²) in [5.41, 5.74) is 9.18. The summed E-state index contributed by atoms with van der Waals surface area (Å²) in [4.78, 5) is 31.5. The molecule has 0 saturated heterocycles. The van der Waals surface area contributed by atoms with Crippen LogP contribution in [0.15, 0.2) is 66.7 Å². The van der Waals surface area contributed by atoms with Crippen molar-refractivity contribution in [3.63, 3.8) is 0 Å². The lowest BCUT2D eigenvalue weighted by Crippen LogP contribution is -2.10. The zero-order valence-electron chi connectivity index (χ0n) is 14.1. The zero-order chi connectivity index (χ0) is 19.0. The first kappa shape index (κ1) is 17.0. The second-order valence-electron chi connectivity index (χ2n) is 6.09. The fourth-order valence-corrected chi connectivity index (χ4v) is 2.97. The molecule has 0 unspecified atom stereocenters. The average Bonchev–Trinajstić information content (AvgIpc) is 3.11. The first-order chi connectivity index (χ1) is 13.0. The highest BCUT2D eigenvalue weighted by atomic mass is 35.5. The van der Waals surface area contributed by atoms with Crippen LogP contribution < -0.4 is 5.73 Å². The number of halogens is 1. The van der Waals surface area contributed by atoms with Crippen molar-refractivity contribution in [2.24, 2.45) is 5.73 Å². The molecule has 0 aliphatic rings. The van der Waals surface area contributed by atoms with Crippen molar-refractivity contribution in [3.05, 3.63) is 88.4 Å². The number of carbonyl (C=O) groups excluding carboxylic acids is 2. The van der Waals surface area contributed by atoms with E-state index in [1.54, 1.807) is 54.6 Å². The molecule has 4 aromatic rings. The normalized spacial score (nSPS) is 10.9. The summed E-state index contributed by atoms with van der Waals surface area (Å²) in [6, 6.07) is 19.0. The van der Waals surface area contributed by atoms with Gasteiger partial charge in [-0.25, -0.2) is 4.98 Å². The number of amides is 1. The topological polar surface area (TPSA) is 88.8 Å². The Morgan fingerprint density at radius 1 is 0.852 bits per heavy atom. The molecule has 3 aromatic carbocycles. The lowest BCUT2D eigenvalue weighted by molar-refractivity contribution is 0.0998. The van der Waals surface area contributed by atoms with Crippen molar-refractivity contribution in [1.29, 1.82) is 0 Å².